The van der Waals surface area contributed by atoms with Crippen LogP contribution in [0.3, 0.4) is 0 Å². The van der Waals surface area contributed by atoms with E-state index in [1.807, 2.05) is 0 Å². The number of hydrogen-bond acceptors (Lipinski definition) is 3. The molecule has 3 heteroatoms. The summed E-state index contributed by atoms with van der Waals surface area (Å²) in [7, 11) is 0. The van der Waals surface area contributed by atoms with Gasteiger partial charge >= 0.3 is 0 Å². The second kappa shape index (κ2) is 5.02. The van der Waals surface area contributed by atoms with Gasteiger partial charge in [0.05, 0.1) is 12.5 Å². The molecule has 0 saturated carbocycles. The smallest absolute Gasteiger partial charge is 0.140 e. The van der Waals surface area contributed by atoms with Crippen LogP contribution in [0, 0.1) is 0 Å². The van der Waals surface area contributed by atoms with Crippen molar-refractivity contribution in [3.8, 4) is 0 Å². The summed E-state index contributed by atoms with van der Waals surface area (Å²) in [6.45, 7) is 3.02. The van der Waals surface area contributed by atoms with Gasteiger partial charge in [-0.05, 0) is 20.3 Å². The number of ketones is 2. The summed E-state index contributed by atoms with van der Waals surface area (Å²) in [5.74, 6) is -0.195. The Kier molecular flexibility index (Phi) is 4.70. The molecule has 0 saturated heterocycles. The lowest BCUT2D eigenvalue weighted by atomic mass is 10.1. The van der Waals surface area contributed by atoms with Crippen molar-refractivity contribution in [2.45, 2.75) is 39.2 Å². The lowest BCUT2D eigenvalue weighted by molar-refractivity contribution is -0.126. The van der Waals surface area contributed by atoms with Gasteiger partial charge in [-0.15, -0.1) is 0 Å². The minimum absolute atomic E-state index is 0.00667. The molecule has 1 N–H and O–H groups in total. The molecule has 1 unspecified atom stereocenters. The van der Waals surface area contributed by atoms with Gasteiger partial charge in [0, 0.05) is 6.42 Å². The largest absolute Gasteiger partial charge is 0.393 e. The van der Waals surface area contributed by atoms with E-state index < -0.39 is 6.10 Å². The van der Waals surface area contributed by atoms with Crippen molar-refractivity contribution in [2.75, 3.05) is 0 Å². The van der Waals surface area contributed by atoms with Crippen LogP contribution >= 0.6 is 0 Å². The Labute approximate surface area is 66.4 Å². The molecular weight excluding hydrogens is 144 g/mol. The highest BCUT2D eigenvalue weighted by molar-refractivity contribution is 5.97. The fourth-order valence-corrected chi connectivity index (χ4v) is 0.736. The summed E-state index contributed by atoms with van der Waals surface area (Å²) < 4.78 is 0. The predicted molar refractivity (Wildman–Crippen MR) is 41.2 cm³/mol. The minimum Gasteiger partial charge on any atom is -0.393 e. The van der Waals surface area contributed by atoms with Crippen molar-refractivity contribution >= 4 is 11.6 Å². The van der Waals surface area contributed by atoms with Crippen LogP contribution in [-0.4, -0.2) is 22.8 Å². The molecule has 0 aliphatic rings. The van der Waals surface area contributed by atoms with Gasteiger partial charge in [0.25, 0.3) is 0 Å². The maximum atomic E-state index is 10.8. The fraction of sp³-hybridized carbons (Fsp3) is 0.750. The van der Waals surface area contributed by atoms with Crippen LogP contribution < -0.4 is 0 Å². The Morgan fingerprint density at radius 1 is 1.45 bits per heavy atom. The summed E-state index contributed by atoms with van der Waals surface area (Å²) in [5.41, 5.74) is 0. The number of aliphatic hydroxyl groups excluding tert-OH is 1. The van der Waals surface area contributed by atoms with Gasteiger partial charge < -0.3 is 5.11 Å². The summed E-state index contributed by atoms with van der Waals surface area (Å²) >= 11 is 0. The molecule has 0 bridgehead atoms. The van der Waals surface area contributed by atoms with E-state index in [0.29, 0.717) is 12.8 Å². The molecule has 0 fully saturated rings. The lowest BCUT2D eigenvalue weighted by Crippen LogP contribution is -2.08. The number of Topliss-reactive ketones (excluding diaryl/α,β-unsaturated/α-hetero) is 2. The van der Waals surface area contributed by atoms with Crippen LogP contribution in [0.15, 0.2) is 0 Å². The van der Waals surface area contributed by atoms with E-state index in [0.717, 1.165) is 0 Å². The predicted octanol–water partition coefficient (Wildman–Crippen LogP) is 0.696. The molecule has 0 aromatic heterocycles. The third kappa shape index (κ3) is 7.19. The van der Waals surface area contributed by atoms with Gasteiger partial charge in [-0.25, -0.2) is 0 Å². The average Bonchev–Trinajstić information content (AvgIpc) is 1.82. The van der Waals surface area contributed by atoms with Gasteiger partial charge in [-0.1, -0.05) is 0 Å². The molecule has 11 heavy (non-hydrogen) atoms. The standard InChI is InChI=1S/C8H14O3/c1-6(9)3-4-8(11)5-7(2)10/h6,9H,3-5H2,1-2H3. The van der Waals surface area contributed by atoms with Gasteiger partial charge in [-0.2, -0.15) is 0 Å². The molecule has 1 atom stereocenters. The summed E-state index contributed by atoms with van der Waals surface area (Å²) in [6.07, 6.45) is 0.307. The van der Waals surface area contributed by atoms with Crippen molar-refractivity contribution < 1.29 is 14.7 Å². The first-order valence-electron chi connectivity index (χ1n) is 3.71. The number of carbonyl (C=O) groups is 2. The normalized spacial score (nSPS) is 12.6. The number of rotatable bonds is 5. The summed E-state index contributed by atoms with van der Waals surface area (Å²) in [4.78, 5) is 21.2. The van der Waals surface area contributed by atoms with Crippen molar-refractivity contribution in [3.63, 3.8) is 0 Å². The van der Waals surface area contributed by atoms with E-state index in [1.54, 1.807) is 6.92 Å². The molecule has 0 rings (SSSR count). The number of carbonyl (C=O) groups excluding carboxylic acids is 2. The molecule has 3 nitrogen and oxygen atoms in total. The molecule has 0 aliphatic carbocycles. The highest BCUT2D eigenvalue weighted by Crippen LogP contribution is 1.99. The van der Waals surface area contributed by atoms with Crippen molar-refractivity contribution in [3.05, 3.63) is 0 Å². The molecule has 0 spiro atoms. The Morgan fingerprint density at radius 3 is 2.36 bits per heavy atom. The molecule has 0 aromatic carbocycles. The molecule has 64 valence electrons. The lowest BCUT2D eigenvalue weighted by Gasteiger charge is -2.00. The molecule has 0 amide bonds. The first-order chi connectivity index (χ1) is 5.02. The SMILES string of the molecule is CC(=O)CC(=O)CCC(C)O. The van der Waals surface area contributed by atoms with Crippen molar-refractivity contribution in [2.24, 2.45) is 0 Å². The highest BCUT2D eigenvalue weighted by Gasteiger charge is 2.06. The van der Waals surface area contributed by atoms with Crippen LogP contribution in [0.4, 0.5) is 0 Å². The van der Waals surface area contributed by atoms with Crippen LogP contribution in [-0.2, 0) is 9.59 Å². The molecular formula is C8H14O3. The van der Waals surface area contributed by atoms with Crippen LogP contribution in [0.1, 0.15) is 33.1 Å². The minimum atomic E-state index is -0.453. The van der Waals surface area contributed by atoms with Crippen LogP contribution in [0.2, 0.25) is 0 Å². The van der Waals surface area contributed by atoms with E-state index in [2.05, 4.69) is 0 Å². The summed E-state index contributed by atoms with van der Waals surface area (Å²) in [6, 6.07) is 0. The summed E-state index contributed by atoms with van der Waals surface area (Å²) in [5, 5.41) is 8.80. The zero-order chi connectivity index (χ0) is 8.85. The fourth-order valence-electron chi connectivity index (χ4n) is 0.736. The Balaban J connectivity index is 3.46. The molecule has 0 aromatic rings. The maximum Gasteiger partial charge on any atom is 0.140 e. The first kappa shape index (κ1) is 10.3. The first-order valence-corrected chi connectivity index (χ1v) is 3.71. The van der Waals surface area contributed by atoms with E-state index in [9.17, 15) is 9.59 Å². The van der Waals surface area contributed by atoms with E-state index in [4.69, 9.17) is 5.11 Å². The van der Waals surface area contributed by atoms with Crippen LogP contribution in [0.25, 0.3) is 0 Å². The molecule has 0 radical (unpaired) electrons. The van der Waals surface area contributed by atoms with E-state index >= 15 is 0 Å². The molecule has 0 aliphatic heterocycles. The topological polar surface area (TPSA) is 54.4 Å². The second-order valence-electron chi connectivity index (χ2n) is 2.81. The zero-order valence-electron chi connectivity index (χ0n) is 6.96. The third-order valence-electron chi connectivity index (χ3n) is 1.29. The Bertz CT molecular complexity index is 149. The monoisotopic (exact) mass is 158 g/mol. The number of aliphatic hydroxyl groups is 1. The van der Waals surface area contributed by atoms with E-state index in [1.165, 1.54) is 6.92 Å². The van der Waals surface area contributed by atoms with Gasteiger partial charge in [0.2, 0.25) is 0 Å². The second-order valence-corrected chi connectivity index (χ2v) is 2.81. The quantitative estimate of drug-likeness (QED) is 0.599. The highest BCUT2D eigenvalue weighted by atomic mass is 16.3. The van der Waals surface area contributed by atoms with Gasteiger partial charge in [0.1, 0.15) is 11.6 Å². The van der Waals surface area contributed by atoms with E-state index in [-0.39, 0.29) is 18.0 Å². The number of hydrogen-bond donors (Lipinski definition) is 1. The average molecular weight is 158 g/mol. The van der Waals surface area contributed by atoms with Crippen molar-refractivity contribution in [1.82, 2.24) is 0 Å². The van der Waals surface area contributed by atoms with Gasteiger partial charge in [0.15, 0.2) is 0 Å². The maximum absolute atomic E-state index is 10.8. The van der Waals surface area contributed by atoms with Gasteiger partial charge in [-0.3, -0.25) is 9.59 Å². The molecule has 0 heterocycles. The Morgan fingerprint density at radius 2 is 2.00 bits per heavy atom. The Hall–Kier alpha value is -0.700. The zero-order valence-corrected chi connectivity index (χ0v) is 6.96. The van der Waals surface area contributed by atoms with Crippen molar-refractivity contribution in [1.29, 1.82) is 0 Å². The van der Waals surface area contributed by atoms with Crippen LogP contribution in [0.5, 0.6) is 0 Å². The third-order valence-corrected chi connectivity index (χ3v) is 1.29.